The van der Waals surface area contributed by atoms with Gasteiger partial charge in [-0.1, -0.05) is 26.7 Å². The zero-order valence-electron chi connectivity index (χ0n) is 13.4. The van der Waals surface area contributed by atoms with Crippen LogP contribution in [0.4, 0.5) is 0 Å². The van der Waals surface area contributed by atoms with Crippen LogP contribution in [0.1, 0.15) is 53.4 Å². The normalized spacial score (nSPS) is 11.6. The van der Waals surface area contributed by atoms with Crippen molar-refractivity contribution in [1.29, 1.82) is 0 Å². The van der Waals surface area contributed by atoms with Crippen molar-refractivity contribution >= 4 is 13.5 Å². The van der Waals surface area contributed by atoms with Crippen LogP contribution in [0.25, 0.3) is 0 Å². The first kappa shape index (κ1) is 19.6. The Morgan fingerprint density at radius 3 is 1.75 bits per heavy atom. The van der Waals surface area contributed by atoms with Gasteiger partial charge in [-0.15, -0.1) is 0 Å². The Morgan fingerprint density at radius 2 is 1.40 bits per heavy atom. The van der Waals surface area contributed by atoms with E-state index >= 15 is 0 Å². The van der Waals surface area contributed by atoms with Crippen LogP contribution in [0.2, 0.25) is 0 Å². The topological polar surface area (TPSA) is 55.8 Å². The molecule has 0 bridgehead atoms. The molecule has 120 valence electrons. The maximum absolute atomic E-state index is 12.6. The van der Waals surface area contributed by atoms with Crippen molar-refractivity contribution in [2.75, 3.05) is 32.5 Å². The Labute approximate surface area is 123 Å². The van der Waals surface area contributed by atoms with Crippen LogP contribution in [0.5, 0.6) is 0 Å². The lowest BCUT2D eigenvalue weighted by Gasteiger charge is -2.23. The Kier molecular flexibility index (Phi) is 11.1. The minimum atomic E-state index is -3.31. The third kappa shape index (κ3) is 8.03. The van der Waals surface area contributed by atoms with Crippen molar-refractivity contribution < 1.29 is 18.4 Å². The predicted molar refractivity (Wildman–Crippen MR) is 82.1 cm³/mol. The molecule has 0 radical (unpaired) electrons. The summed E-state index contributed by atoms with van der Waals surface area (Å²) in [5, 5.41) is 0. The fourth-order valence-corrected chi connectivity index (χ4v) is 3.27. The Morgan fingerprint density at radius 1 is 0.950 bits per heavy atom. The van der Waals surface area contributed by atoms with E-state index in [0.29, 0.717) is 26.3 Å². The molecule has 0 aromatic rings. The summed E-state index contributed by atoms with van der Waals surface area (Å²) in [6, 6.07) is 0. The summed E-state index contributed by atoms with van der Waals surface area (Å²) in [5.74, 6) is -0.161. The first-order chi connectivity index (χ1) is 9.52. The molecule has 0 aromatic carbocycles. The Bertz CT molecular complexity index is 292. The summed E-state index contributed by atoms with van der Waals surface area (Å²) in [6.07, 6.45) is 3.40. The molecule has 6 heteroatoms. The van der Waals surface area contributed by atoms with Crippen LogP contribution in [0.15, 0.2) is 0 Å². The second-order valence-electron chi connectivity index (χ2n) is 4.71. The first-order valence-corrected chi connectivity index (χ1v) is 9.41. The van der Waals surface area contributed by atoms with Crippen molar-refractivity contribution in [3.05, 3.63) is 0 Å². The lowest BCUT2D eigenvalue weighted by atomic mass is 10.4. The summed E-state index contributed by atoms with van der Waals surface area (Å²) in [7, 11) is -3.31. The van der Waals surface area contributed by atoms with Gasteiger partial charge in [0.25, 0.3) is 0 Å². The fourth-order valence-electron chi connectivity index (χ4n) is 1.67. The lowest BCUT2D eigenvalue weighted by Crippen LogP contribution is -2.33. The number of nitrogens with zero attached hydrogens (tertiary/aromatic N) is 1. The van der Waals surface area contributed by atoms with Crippen molar-refractivity contribution in [3.8, 4) is 0 Å². The predicted octanol–water partition coefficient (Wildman–Crippen LogP) is 3.68. The average molecular weight is 307 g/mol. The van der Waals surface area contributed by atoms with Gasteiger partial charge in [0.15, 0.2) is 0 Å². The molecule has 0 heterocycles. The van der Waals surface area contributed by atoms with Gasteiger partial charge in [0, 0.05) is 13.1 Å². The molecule has 0 N–H and O–H groups in total. The minimum absolute atomic E-state index is 0.151. The molecule has 0 saturated carbocycles. The van der Waals surface area contributed by atoms with Crippen LogP contribution in [0.3, 0.4) is 0 Å². The van der Waals surface area contributed by atoms with E-state index in [-0.39, 0.29) is 12.1 Å². The molecule has 0 rings (SSSR count). The van der Waals surface area contributed by atoms with Crippen molar-refractivity contribution in [3.63, 3.8) is 0 Å². The van der Waals surface area contributed by atoms with E-state index < -0.39 is 7.60 Å². The zero-order valence-corrected chi connectivity index (χ0v) is 14.3. The highest BCUT2D eigenvalue weighted by atomic mass is 31.2. The number of hydrogen-bond acceptors (Lipinski definition) is 4. The molecule has 0 aliphatic heterocycles. The Hall–Kier alpha value is -0.380. The van der Waals surface area contributed by atoms with Crippen molar-refractivity contribution in [2.45, 2.75) is 53.4 Å². The number of amides is 1. The van der Waals surface area contributed by atoms with E-state index in [1.54, 1.807) is 4.90 Å². The van der Waals surface area contributed by atoms with E-state index in [2.05, 4.69) is 0 Å². The SMILES string of the molecule is CCCCOP(=O)(CC(=O)N(CC)CC)OCCCC. The summed E-state index contributed by atoms with van der Waals surface area (Å²) in [4.78, 5) is 13.7. The maximum atomic E-state index is 12.6. The van der Waals surface area contributed by atoms with Gasteiger partial charge < -0.3 is 13.9 Å². The van der Waals surface area contributed by atoms with Gasteiger partial charge in [0.1, 0.15) is 6.16 Å². The second kappa shape index (κ2) is 11.3. The summed E-state index contributed by atoms with van der Waals surface area (Å²) in [6.45, 7) is 9.86. The van der Waals surface area contributed by atoms with Crippen LogP contribution >= 0.6 is 7.60 Å². The lowest BCUT2D eigenvalue weighted by molar-refractivity contribution is -0.128. The molecular formula is C14H30NO4P. The number of carbonyl (C=O) groups is 1. The maximum Gasteiger partial charge on any atom is 0.340 e. The Balaban J connectivity index is 4.56. The molecule has 0 saturated heterocycles. The molecule has 20 heavy (non-hydrogen) atoms. The van der Waals surface area contributed by atoms with Gasteiger partial charge in [-0.25, -0.2) is 0 Å². The molecule has 0 aliphatic rings. The van der Waals surface area contributed by atoms with Crippen LogP contribution in [-0.2, 0) is 18.4 Å². The average Bonchev–Trinajstić information content (AvgIpc) is 2.40. The molecule has 0 aliphatic carbocycles. The highest BCUT2D eigenvalue weighted by molar-refractivity contribution is 7.54. The van der Waals surface area contributed by atoms with Gasteiger partial charge in [-0.3, -0.25) is 9.36 Å². The standard InChI is InChI=1S/C14H30NO4P/c1-5-9-11-18-20(17,19-12-10-6-2)13-14(16)15(7-3)8-4/h5-13H2,1-4H3. The number of carbonyl (C=O) groups excluding carboxylic acids is 1. The van der Waals surface area contributed by atoms with E-state index in [1.165, 1.54) is 0 Å². The van der Waals surface area contributed by atoms with Crippen LogP contribution < -0.4 is 0 Å². The van der Waals surface area contributed by atoms with Crippen LogP contribution in [0, 0.1) is 0 Å². The van der Waals surface area contributed by atoms with Crippen molar-refractivity contribution in [1.82, 2.24) is 4.90 Å². The molecule has 5 nitrogen and oxygen atoms in total. The smallest absolute Gasteiger partial charge is 0.340 e. The molecule has 0 spiro atoms. The second-order valence-corrected chi connectivity index (χ2v) is 6.76. The molecular weight excluding hydrogens is 277 g/mol. The third-order valence-electron chi connectivity index (χ3n) is 3.02. The van der Waals surface area contributed by atoms with Gasteiger partial charge in [0.2, 0.25) is 5.91 Å². The molecule has 0 atom stereocenters. The van der Waals surface area contributed by atoms with Gasteiger partial charge in [-0.05, 0) is 26.7 Å². The third-order valence-corrected chi connectivity index (χ3v) is 4.83. The fraction of sp³-hybridized carbons (Fsp3) is 0.929. The molecule has 0 fully saturated rings. The number of hydrogen-bond donors (Lipinski definition) is 0. The molecule has 0 aromatic heterocycles. The minimum Gasteiger partial charge on any atom is -0.343 e. The molecule has 1 amide bonds. The zero-order chi connectivity index (χ0) is 15.4. The quantitative estimate of drug-likeness (QED) is 0.408. The number of unbranched alkanes of at least 4 members (excludes halogenated alkanes) is 2. The molecule has 0 unspecified atom stereocenters. The van der Waals surface area contributed by atoms with Gasteiger partial charge in [-0.2, -0.15) is 0 Å². The highest BCUT2D eigenvalue weighted by Crippen LogP contribution is 2.48. The summed E-state index contributed by atoms with van der Waals surface area (Å²) < 4.78 is 23.4. The van der Waals surface area contributed by atoms with Gasteiger partial charge in [0.05, 0.1) is 13.2 Å². The number of rotatable bonds is 12. The van der Waals surface area contributed by atoms with Gasteiger partial charge >= 0.3 is 7.60 Å². The van der Waals surface area contributed by atoms with E-state index in [0.717, 1.165) is 25.7 Å². The van der Waals surface area contributed by atoms with Crippen molar-refractivity contribution in [2.24, 2.45) is 0 Å². The monoisotopic (exact) mass is 307 g/mol. The summed E-state index contributed by atoms with van der Waals surface area (Å²) in [5.41, 5.74) is 0. The van der Waals surface area contributed by atoms with E-state index in [4.69, 9.17) is 9.05 Å². The van der Waals surface area contributed by atoms with E-state index in [9.17, 15) is 9.36 Å². The van der Waals surface area contributed by atoms with Crippen LogP contribution in [-0.4, -0.2) is 43.3 Å². The highest BCUT2D eigenvalue weighted by Gasteiger charge is 2.30. The largest absolute Gasteiger partial charge is 0.343 e. The summed E-state index contributed by atoms with van der Waals surface area (Å²) >= 11 is 0. The first-order valence-electron chi connectivity index (χ1n) is 7.68. The van der Waals surface area contributed by atoms with E-state index in [1.807, 2.05) is 27.7 Å².